The highest BCUT2D eigenvalue weighted by atomic mass is 16.1. The van der Waals surface area contributed by atoms with E-state index in [9.17, 15) is 4.79 Å². The van der Waals surface area contributed by atoms with E-state index in [1.54, 1.807) is 6.92 Å². The maximum Gasteiger partial charge on any atom is 0.131 e. The molecule has 0 aliphatic carbocycles. The first-order valence-electron chi connectivity index (χ1n) is 4.64. The van der Waals surface area contributed by atoms with Crippen molar-refractivity contribution >= 4 is 5.78 Å². The lowest BCUT2D eigenvalue weighted by molar-refractivity contribution is -0.117. The van der Waals surface area contributed by atoms with Gasteiger partial charge in [-0.1, -0.05) is 13.8 Å². The molecule has 2 nitrogen and oxygen atoms in total. The second-order valence-electron chi connectivity index (χ2n) is 3.92. The summed E-state index contributed by atoms with van der Waals surface area (Å²) in [5, 5.41) is 0. The summed E-state index contributed by atoms with van der Waals surface area (Å²) in [5.41, 5.74) is 0. The molecule has 0 aromatic heterocycles. The molecule has 1 unspecified atom stereocenters. The predicted molar refractivity (Wildman–Crippen MR) is 52.2 cm³/mol. The van der Waals surface area contributed by atoms with E-state index in [4.69, 9.17) is 0 Å². The minimum Gasteiger partial charge on any atom is -0.303 e. The fourth-order valence-corrected chi connectivity index (χ4v) is 1.05. The van der Waals surface area contributed by atoms with Crippen LogP contribution < -0.4 is 0 Å². The first-order chi connectivity index (χ1) is 5.45. The SMILES string of the molecule is CC(=O)CCN(C)C(C)C(C)C. The third kappa shape index (κ3) is 4.50. The monoisotopic (exact) mass is 171 g/mol. The van der Waals surface area contributed by atoms with E-state index in [2.05, 4.69) is 32.7 Å². The Morgan fingerprint density at radius 2 is 1.83 bits per heavy atom. The van der Waals surface area contributed by atoms with Gasteiger partial charge in [0.2, 0.25) is 0 Å². The van der Waals surface area contributed by atoms with Gasteiger partial charge in [-0.3, -0.25) is 4.79 Å². The van der Waals surface area contributed by atoms with Crippen molar-refractivity contribution in [3.63, 3.8) is 0 Å². The Bertz CT molecular complexity index is 143. The Labute approximate surface area is 75.9 Å². The lowest BCUT2D eigenvalue weighted by atomic mass is 10.1. The van der Waals surface area contributed by atoms with Gasteiger partial charge in [0.25, 0.3) is 0 Å². The molecule has 0 rings (SSSR count). The summed E-state index contributed by atoms with van der Waals surface area (Å²) in [7, 11) is 2.08. The van der Waals surface area contributed by atoms with E-state index in [0.717, 1.165) is 6.54 Å². The zero-order chi connectivity index (χ0) is 9.72. The highest BCUT2D eigenvalue weighted by Gasteiger charge is 2.12. The summed E-state index contributed by atoms with van der Waals surface area (Å²) < 4.78 is 0. The van der Waals surface area contributed by atoms with Gasteiger partial charge in [0.05, 0.1) is 0 Å². The first kappa shape index (κ1) is 11.6. The van der Waals surface area contributed by atoms with Gasteiger partial charge in [-0.25, -0.2) is 0 Å². The molecule has 1 atom stereocenters. The molecule has 0 saturated carbocycles. The smallest absolute Gasteiger partial charge is 0.131 e. The van der Waals surface area contributed by atoms with Crippen LogP contribution in [0.4, 0.5) is 0 Å². The van der Waals surface area contributed by atoms with Crippen molar-refractivity contribution in [3.8, 4) is 0 Å². The van der Waals surface area contributed by atoms with Crippen LogP contribution in [0.15, 0.2) is 0 Å². The second kappa shape index (κ2) is 5.31. The molecule has 0 aliphatic rings. The molecule has 0 radical (unpaired) electrons. The molecular weight excluding hydrogens is 150 g/mol. The molecule has 2 heteroatoms. The summed E-state index contributed by atoms with van der Waals surface area (Å²) in [5.74, 6) is 0.930. The molecular formula is C10H21NO. The van der Waals surface area contributed by atoms with E-state index in [1.165, 1.54) is 0 Å². The molecule has 0 bridgehead atoms. The lowest BCUT2D eigenvalue weighted by Crippen LogP contribution is -2.34. The fraction of sp³-hybridized carbons (Fsp3) is 0.900. The Morgan fingerprint density at radius 3 is 2.17 bits per heavy atom. The molecule has 0 amide bonds. The van der Waals surface area contributed by atoms with Gasteiger partial charge >= 0.3 is 0 Å². The van der Waals surface area contributed by atoms with Crippen LogP contribution in [0.3, 0.4) is 0 Å². The fourth-order valence-electron chi connectivity index (χ4n) is 1.05. The quantitative estimate of drug-likeness (QED) is 0.630. The van der Waals surface area contributed by atoms with Gasteiger partial charge in [-0.05, 0) is 26.8 Å². The Kier molecular flexibility index (Phi) is 5.14. The number of nitrogens with zero attached hydrogens (tertiary/aromatic N) is 1. The molecule has 0 heterocycles. The topological polar surface area (TPSA) is 20.3 Å². The van der Waals surface area contributed by atoms with E-state index in [1.807, 2.05) is 0 Å². The van der Waals surface area contributed by atoms with Crippen LogP contribution in [0.25, 0.3) is 0 Å². The number of ketones is 1. The lowest BCUT2D eigenvalue weighted by Gasteiger charge is -2.27. The third-order valence-electron chi connectivity index (χ3n) is 2.48. The second-order valence-corrected chi connectivity index (χ2v) is 3.92. The van der Waals surface area contributed by atoms with Crippen molar-refractivity contribution in [2.75, 3.05) is 13.6 Å². The summed E-state index contributed by atoms with van der Waals surface area (Å²) >= 11 is 0. The third-order valence-corrected chi connectivity index (χ3v) is 2.48. The normalized spacial score (nSPS) is 13.9. The highest BCUT2D eigenvalue weighted by Crippen LogP contribution is 2.07. The number of carbonyl (C=O) groups excluding carboxylic acids is 1. The van der Waals surface area contributed by atoms with Gasteiger partial charge in [0.15, 0.2) is 0 Å². The van der Waals surface area contributed by atoms with Crippen LogP contribution in [0, 0.1) is 5.92 Å². The Balaban J connectivity index is 3.71. The molecule has 0 saturated heterocycles. The molecule has 0 fully saturated rings. The van der Waals surface area contributed by atoms with Gasteiger partial charge in [0, 0.05) is 19.0 Å². The van der Waals surface area contributed by atoms with Crippen LogP contribution in [0.1, 0.15) is 34.1 Å². The molecule has 72 valence electrons. The average molecular weight is 171 g/mol. The van der Waals surface area contributed by atoms with Crippen molar-refractivity contribution in [1.82, 2.24) is 4.90 Å². The predicted octanol–water partition coefficient (Wildman–Crippen LogP) is 1.94. The molecule has 0 aromatic carbocycles. The maximum absolute atomic E-state index is 10.7. The largest absolute Gasteiger partial charge is 0.303 e. The van der Waals surface area contributed by atoms with Crippen molar-refractivity contribution in [2.45, 2.75) is 40.2 Å². The number of carbonyl (C=O) groups is 1. The van der Waals surface area contributed by atoms with Crippen LogP contribution >= 0.6 is 0 Å². The number of rotatable bonds is 5. The minimum absolute atomic E-state index is 0.276. The number of hydrogen-bond donors (Lipinski definition) is 0. The van der Waals surface area contributed by atoms with Crippen molar-refractivity contribution in [2.24, 2.45) is 5.92 Å². The summed E-state index contributed by atoms with van der Waals surface area (Å²) in [6, 6.07) is 0.560. The molecule has 0 N–H and O–H groups in total. The molecule has 0 aliphatic heterocycles. The summed E-state index contributed by atoms with van der Waals surface area (Å²) in [6.45, 7) is 9.14. The molecule has 0 spiro atoms. The van der Waals surface area contributed by atoms with Gasteiger partial charge in [0.1, 0.15) is 5.78 Å². The van der Waals surface area contributed by atoms with Crippen molar-refractivity contribution in [1.29, 1.82) is 0 Å². The zero-order valence-corrected chi connectivity index (χ0v) is 8.92. The van der Waals surface area contributed by atoms with Gasteiger partial charge in [-0.2, -0.15) is 0 Å². The van der Waals surface area contributed by atoms with Crippen LogP contribution in [-0.4, -0.2) is 30.3 Å². The summed E-state index contributed by atoms with van der Waals surface area (Å²) in [4.78, 5) is 13.0. The Hall–Kier alpha value is -0.370. The van der Waals surface area contributed by atoms with E-state index >= 15 is 0 Å². The zero-order valence-electron chi connectivity index (χ0n) is 8.92. The van der Waals surface area contributed by atoms with Crippen LogP contribution in [0.5, 0.6) is 0 Å². The Morgan fingerprint density at radius 1 is 1.33 bits per heavy atom. The number of hydrogen-bond acceptors (Lipinski definition) is 2. The van der Waals surface area contributed by atoms with Crippen LogP contribution in [-0.2, 0) is 4.79 Å². The highest BCUT2D eigenvalue weighted by molar-refractivity contribution is 5.75. The van der Waals surface area contributed by atoms with Crippen molar-refractivity contribution < 1.29 is 4.79 Å². The average Bonchev–Trinajstić information content (AvgIpc) is 1.98. The van der Waals surface area contributed by atoms with Crippen molar-refractivity contribution in [3.05, 3.63) is 0 Å². The summed E-state index contributed by atoms with van der Waals surface area (Å²) in [6.07, 6.45) is 0.674. The van der Waals surface area contributed by atoms with E-state index in [0.29, 0.717) is 18.4 Å². The standard InChI is InChI=1S/C10H21NO/c1-8(2)10(4)11(5)7-6-9(3)12/h8,10H,6-7H2,1-5H3. The van der Waals surface area contributed by atoms with Crippen LogP contribution in [0.2, 0.25) is 0 Å². The molecule has 0 aromatic rings. The van der Waals surface area contributed by atoms with Gasteiger partial charge in [-0.15, -0.1) is 0 Å². The molecule has 12 heavy (non-hydrogen) atoms. The maximum atomic E-state index is 10.7. The van der Waals surface area contributed by atoms with E-state index < -0.39 is 0 Å². The van der Waals surface area contributed by atoms with Gasteiger partial charge < -0.3 is 4.90 Å². The van der Waals surface area contributed by atoms with E-state index in [-0.39, 0.29) is 5.78 Å². The first-order valence-corrected chi connectivity index (χ1v) is 4.64. The number of Topliss-reactive ketones (excluding diaryl/α,β-unsaturated/α-hetero) is 1. The minimum atomic E-state index is 0.276.